The Morgan fingerprint density at radius 2 is 1.60 bits per heavy atom. The van der Waals surface area contributed by atoms with E-state index in [2.05, 4.69) is 17.4 Å². The molecule has 0 spiro atoms. The first-order chi connectivity index (χ1) is 16.6. The molecule has 1 N–H and O–H groups in total. The van der Waals surface area contributed by atoms with Gasteiger partial charge in [0.15, 0.2) is 0 Å². The molecule has 0 saturated heterocycles. The SMILES string of the molecule is Cc1ccc(CN(CC(=O)NC2CCCc3ccccc32)S(=O)(=O)c2c(C)cc(C)cc2C)cc1. The molecule has 6 heteroatoms. The quantitative estimate of drug-likeness (QED) is 0.488. The second-order valence-corrected chi connectivity index (χ2v) is 11.6. The number of carbonyl (C=O) groups is 1. The summed E-state index contributed by atoms with van der Waals surface area (Å²) in [5.74, 6) is -0.287. The van der Waals surface area contributed by atoms with E-state index in [9.17, 15) is 13.2 Å². The van der Waals surface area contributed by atoms with Gasteiger partial charge in [0.25, 0.3) is 0 Å². The maximum absolute atomic E-state index is 13.9. The van der Waals surface area contributed by atoms with Crippen molar-refractivity contribution in [3.05, 3.63) is 99.6 Å². The summed E-state index contributed by atoms with van der Waals surface area (Å²) in [6.45, 7) is 7.47. The molecular weight excluding hydrogens is 456 g/mol. The number of benzene rings is 3. The summed E-state index contributed by atoms with van der Waals surface area (Å²) in [7, 11) is -3.91. The van der Waals surface area contributed by atoms with Gasteiger partial charge in [0.1, 0.15) is 0 Å². The van der Waals surface area contributed by atoms with Crippen molar-refractivity contribution < 1.29 is 13.2 Å². The molecule has 1 aliphatic carbocycles. The normalized spacial score (nSPS) is 15.6. The van der Waals surface area contributed by atoms with E-state index in [1.54, 1.807) is 0 Å². The Balaban J connectivity index is 1.64. The summed E-state index contributed by atoms with van der Waals surface area (Å²) in [6.07, 6.45) is 2.85. The monoisotopic (exact) mass is 490 g/mol. The van der Waals surface area contributed by atoms with E-state index in [1.165, 1.54) is 9.87 Å². The Kier molecular flexibility index (Phi) is 7.43. The average molecular weight is 491 g/mol. The van der Waals surface area contributed by atoms with Crippen LogP contribution in [0.5, 0.6) is 0 Å². The minimum atomic E-state index is -3.91. The first-order valence-electron chi connectivity index (χ1n) is 12.2. The van der Waals surface area contributed by atoms with Gasteiger partial charge in [0, 0.05) is 6.54 Å². The van der Waals surface area contributed by atoms with Crippen molar-refractivity contribution in [3.8, 4) is 0 Å². The van der Waals surface area contributed by atoms with Gasteiger partial charge < -0.3 is 5.32 Å². The molecule has 1 atom stereocenters. The van der Waals surface area contributed by atoms with Crippen LogP contribution in [0.15, 0.2) is 65.6 Å². The zero-order valence-electron chi connectivity index (χ0n) is 21.0. The number of rotatable bonds is 7. The van der Waals surface area contributed by atoms with Crippen LogP contribution >= 0.6 is 0 Å². The lowest BCUT2D eigenvalue weighted by Gasteiger charge is -2.28. The highest BCUT2D eigenvalue weighted by Crippen LogP contribution is 2.30. The van der Waals surface area contributed by atoms with Crippen LogP contribution in [0.3, 0.4) is 0 Å². The van der Waals surface area contributed by atoms with Gasteiger partial charge in [-0.1, -0.05) is 71.8 Å². The fraction of sp³-hybridized carbons (Fsp3) is 0.345. The molecule has 0 saturated carbocycles. The van der Waals surface area contributed by atoms with Crippen LogP contribution in [0, 0.1) is 27.7 Å². The first-order valence-corrected chi connectivity index (χ1v) is 13.6. The molecule has 1 unspecified atom stereocenters. The maximum Gasteiger partial charge on any atom is 0.244 e. The van der Waals surface area contributed by atoms with Crippen LogP contribution in [-0.2, 0) is 27.8 Å². The van der Waals surface area contributed by atoms with Crippen LogP contribution in [0.2, 0.25) is 0 Å². The predicted octanol–water partition coefficient (Wildman–Crippen LogP) is 5.30. The van der Waals surface area contributed by atoms with Crippen molar-refractivity contribution in [2.24, 2.45) is 0 Å². The maximum atomic E-state index is 13.9. The third kappa shape index (κ3) is 5.65. The van der Waals surface area contributed by atoms with Gasteiger partial charge in [-0.25, -0.2) is 8.42 Å². The number of nitrogens with one attached hydrogen (secondary N) is 1. The number of hydrogen-bond acceptors (Lipinski definition) is 3. The Morgan fingerprint density at radius 3 is 2.29 bits per heavy atom. The molecule has 1 aliphatic rings. The van der Waals surface area contributed by atoms with Crippen molar-refractivity contribution in [2.45, 2.75) is 64.4 Å². The van der Waals surface area contributed by atoms with E-state index >= 15 is 0 Å². The van der Waals surface area contributed by atoms with E-state index in [-0.39, 0.29) is 29.9 Å². The number of hydrogen-bond donors (Lipinski definition) is 1. The lowest BCUT2D eigenvalue weighted by atomic mass is 9.88. The lowest BCUT2D eigenvalue weighted by Crippen LogP contribution is -2.42. The second-order valence-electron chi connectivity index (χ2n) is 9.70. The van der Waals surface area contributed by atoms with Crippen LogP contribution in [0.4, 0.5) is 0 Å². The van der Waals surface area contributed by atoms with Crippen molar-refractivity contribution in [2.75, 3.05) is 6.54 Å². The number of sulfonamides is 1. The van der Waals surface area contributed by atoms with Crippen molar-refractivity contribution in [1.82, 2.24) is 9.62 Å². The van der Waals surface area contributed by atoms with Gasteiger partial charge in [-0.15, -0.1) is 0 Å². The molecule has 184 valence electrons. The van der Waals surface area contributed by atoms with Crippen LogP contribution in [-0.4, -0.2) is 25.2 Å². The molecule has 4 rings (SSSR count). The molecule has 1 amide bonds. The molecule has 0 radical (unpaired) electrons. The smallest absolute Gasteiger partial charge is 0.244 e. The zero-order valence-corrected chi connectivity index (χ0v) is 21.8. The third-order valence-electron chi connectivity index (χ3n) is 6.71. The molecule has 0 bridgehead atoms. The lowest BCUT2D eigenvalue weighted by molar-refractivity contribution is -0.122. The highest BCUT2D eigenvalue weighted by atomic mass is 32.2. The van der Waals surface area contributed by atoms with Gasteiger partial charge in [-0.2, -0.15) is 4.31 Å². The molecule has 3 aromatic rings. The third-order valence-corrected chi connectivity index (χ3v) is 8.80. The molecule has 0 heterocycles. The van der Waals surface area contributed by atoms with Crippen molar-refractivity contribution in [1.29, 1.82) is 0 Å². The second kappa shape index (κ2) is 10.3. The van der Waals surface area contributed by atoms with E-state index in [0.29, 0.717) is 11.1 Å². The molecule has 5 nitrogen and oxygen atoms in total. The number of amides is 1. The summed E-state index contributed by atoms with van der Waals surface area (Å²) in [4.78, 5) is 13.5. The zero-order chi connectivity index (χ0) is 25.2. The summed E-state index contributed by atoms with van der Waals surface area (Å²) in [6, 6.07) is 19.6. The van der Waals surface area contributed by atoms with E-state index in [4.69, 9.17) is 0 Å². The standard InChI is InChI=1S/C29H34N2O3S/c1-20-12-14-24(15-13-20)18-31(35(33,34)29-22(3)16-21(2)17-23(29)4)19-28(32)30-27-11-7-9-25-8-5-6-10-26(25)27/h5-6,8,10,12-17,27H,7,9,11,18-19H2,1-4H3,(H,30,32). The van der Waals surface area contributed by atoms with Crippen LogP contribution in [0.25, 0.3) is 0 Å². The number of aryl methyl sites for hydroxylation is 5. The summed E-state index contributed by atoms with van der Waals surface area (Å²) in [5, 5.41) is 3.12. The highest BCUT2D eigenvalue weighted by molar-refractivity contribution is 7.89. The largest absolute Gasteiger partial charge is 0.348 e. The minimum Gasteiger partial charge on any atom is -0.348 e. The topological polar surface area (TPSA) is 66.5 Å². The highest BCUT2D eigenvalue weighted by Gasteiger charge is 2.31. The Hall–Kier alpha value is -2.96. The molecule has 0 aromatic heterocycles. The molecular formula is C29H34N2O3S. The Morgan fingerprint density at radius 1 is 0.943 bits per heavy atom. The summed E-state index contributed by atoms with van der Waals surface area (Å²) in [5.41, 5.74) is 6.72. The fourth-order valence-electron chi connectivity index (χ4n) is 5.13. The molecule has 0 aliphatic heterocycles. The van der Waals surface area contributed by atoms with E-state index in [0.717, 1.165) is 41.5 Å². The Bertz CT molecular complexity index is 1310. The van der Waals surface area contributed by atoms with Gasteiger partial charge >= 0.3 is 0 Å². The minimum absolute atomic E-state index is 0.0979. The fourth-order valence-corrected chi connectivity index (χ4v) is 6.93. The predicted molar refractivity (Wildman–Crippen MR) is 140 cm³/mol. The number of nitrogens with zero attached hydrogens (tertiary/aromatic N) is 1. The Labute approximate surface area is 209 Å². The van der Waals surface area contributed by atoms with Crippen molar-refractivity contribution >= 4 is 15.9 Å². The van der Waals surface area contributed by atoms with E-state index in [1.807, 2.05) is 76.2 Å². The van der Waals surface area contributed by atoms with Crippen LogP contribution in [0.1, 0.15) is 57.8 Å². The van der Waals surface area contributed by atoms with Gasteiger partial charge in [0.05, 0.1) is 17.5 Å². The number of fused-ring (bicyclic) bond motifs is 1. The first kappa shape index (κ1) is 25.1. The van der Waals surface area contributed by atoms with E-state index < -0.39 is 10.0 Å². The van der Waals surface area contributed by atoms with Crippen molar-refractivity contribution in [3.63, 3.8) is 0 Å². The van der Waals surface area contributed by atoms with Gasteiger partial charge in [-0.05, 0) is 74.8 Å². The van der Waals surface area contributed by atoms with Gasteiger partial charge in [-0.3, -0.25) is 4.79 Å². The summed E-state index contributed by atoms with van der Waals surface area (Å²) < 4.78 is 29.2. The molecule has 0 fully saturated rings. The molecule has 35 heavy (non-hydrogen) atoms. The average Bonchev–Trinajstić information content (AvgIpc) is 2.79. The summed E-state index contributed by atoms with van der Waals surface area (Å²) >= 11 is 0. The molecule has 3 aromatic carbocycles. The number of carbonyl (C=O) groups excluding carboxylic acids is 1. The van der Waals surface area contributed by atoms with Crippen LogP contribution < -0.4 is 5.32 Å². The van der Waals surface area contributed by atoms with Gasteiger partial charge in [0.2, 0.25) is 15.9 Å².